The van der Waals surface area contributed by atoms with Crippen LogP contribution in [0.4, 0.5) is 8.78 Å². The van der Waals surface area contributed by atoms with Gasteiger partial charge < -0.3 is 5.32 Å². The van der Waals surface area contributed by atoms with Crippen molar-refractivity contribution in [2.45, 2.75) is 20.4 Å². The largest absolute Gasteiger partial charge is 0.348 e. The Labute approximate surface area is 137 Å². The number of aromatic nitrogens is 2. The van der Waals surface area contributed by atoms with Crippen molar-refractivity contribution in [1.82, 2.24) is 15.3 Å². The normalized spacial score (nSPS) is 10.8. The molecule has 0 radical (unpaired) electrons. The Morgan fingerprint density at radius 1 is 1.00 bits per heavy atom. The third-order valence-electron chi connectivity index (χ3n) is 3.79. The summed E-state index contributed by atoms with van der Waals surface area (Å²) in [6.45, 7) is 3.70. The van der Waals surface area contributed by atoms with Crippen LogP contribution in [-0.4, -0.2) is 15.9 Å². The minimum Gasteiger partial charge on any atom is -0.348 e. The number of nitrogens with one attached hydrogen (secondary N) is 1. The van der Waals surface area contributed by atoms with Gasteiger partial charge in [-0.15, -0.1) is 0 Å². The summed E-state index contributed by atoms with van der Waals surface area (Å²) in [5, 5.41) is 2.62. The number of halogens is 2. The lowest BCUT2D eigenvalue weighted by atomic mass is 10.1. The fourth-order valence-corrected chi connectivity index (χ4v) is 2.31. The van der Waals surface area contributed by atoms with Crippen LogP contribution in [0.25, 0.3) is 11.0 Å². The Hall–Kier alpha value is -2.89. The van der Waals surface area contributed by atoms with Crippen LogP contribution in [0.5, 0.6) is 0 Å². The molecule has 0 aliphatic rings. The van der Waals surface area contributed by atoms with E-state index in [-0.39, 0.29) is 18.0 Å². The van der Waals surface area contributed by atoms with Crippen molar-refractivity contribution in [3.63, 3.8) is 0 Å². The van der Waals surface area contributed by atoms with Gasteiger partial charge in [-0.3, -0.25) is 4.79 Å². The molecule has 24 heavy (non-hydrogen) atoms. The maximum Gasteiger partial charge on any atom is 0.251 e. The van der Waals surface area contributed by atoms with Crippen molar-refractivity contribution in [3.05, 3.63) is 70.5 Å². The maximum atomic E-state index is 13.6. The number of amides is 1. The Balaban J connectivity index is 1.79. The third kappa shape index (κ3) is 3.22. The van der Waals surface area contributed by atoms with Gasteiger partial charge in [0.05, 0.1) is 22.4 Å². The van der Waals surface area contributed by atoms with Gasteiger partial charge in [0, 0.05) is 23.7 Å². The summed E-state index contributed by atoms with van der Waals surface area (Å²) in [5.74, 6) is -1.70. The molecular weight excluding hydrogens is 312 g/mol. The zero-order valence-corrected chi connectivity index (χ0v) is 13.2. The molecule has 0 aliphatic heterocycles. The zero-order chi connectivity index (χ0) is 17.3. The number of hydrogen-bond donors (Lipinski definition) is 1. The highest BCUT2D eigenvalue weighted by atomic mass is 19.1. The summed E-state index contributed by atoms with van der Waals surface area (Å²) >= 11 is 0. The molecule has 1 heterocycles. The van der Waals surface area contributed by atoms with Crippen LogP contribution in [0.3, 0.4) is 0 Å². The molecule has 0 aliphatic carbocycles. The molecule has 0 saturated carbocycles. The molecule has 2 aromatic carbocycles. The average molecular weight is 327 g/mol. The predicted molar refractivity (Wildman–Crippen MR) is 86.5 cm³/mol. The Kier molecular flexibility index (Phi) is 4.20. The number of carbonyl (C=O) groups is 1. The van der Waals surface area contributed by atoms with Crippen LogP contribution in [0.2, 0.25) is 0 Å². The summed E-state index contributed by atoms with van der Waals surface area (Å²) in [7, 11) is 0. The smallest absolute Gasteiger partial charge is 0.251 e. The molecule has 3 aromatic rings. The molecule has 1 amide bonds. The van der Waals surface area contributed by atoms with E-state index in [0.29, 0.717) is 16.6 Å². The molecule has 4 nitrogen and oxygen atoms in total. The van der Waals surface area contributed by atoms with E-state index < -0.39 is 11.6 Å². The van der Waals surface area contributed by atoms with E-state index in [4.69, 9.17) is 0 Å². The van der Waals surface area contributed by atoms with Crippen LogP contribution >= 0.6 is 0 Å². The molecule has 122 valence electrons. The van der Waals surface area contributed by atoms with E-state index in [1.807, 2.05) is 13.8 Å². The fraction of sp³-hybridized carbons (Fsp3) is 0.167. The van der Waals surface area contributed by atoms with Gasteiger partial charge in [-0.1, -0.05) is 6.07 Å². The van der Waals surface area contributed by atoms with Crippen LogP contribution in [0.1, 0.15) is 27.3 Å². The lowest BCUT2D eigenvalue weighted by molar-refractivity contribution is 0.0950. The second kappa shape index (κ2) is 6.31. The van der Waals surface area contributed by atoms with E-state index in [2.05, 4.69) is 15.3 Å². The molecule has 0 atom stereocenters. The molecule has 0 saturated heterocycles. The Bertz CT molecular complexity index is 941. The highest BCUT2D eigenvalue weighted by Crippen LogP contribution is 2.15. The molecule has 3 rings (SSSR count). The van der Waals surface area contributed by atoms with Crippen molar-refractivity contribution in [1.29, 1.82) is 0 Å². The molecule has 0 fully saturated rings. The quantitative estimate of drug-likeness (QED) is 0.801. The van der Waals surface area contributed by atoms with Crippen molar-refractivity contribution in [2.75, 3.05) is 0 Å². The molecule has 1 aromatic heterocycles. The molecule has 0 bridgehead atoms. The lowest BCUT2D eigenvalue weighted by Crippen LogP contribution is -2.23. The van der Waals surface area contributed by atoms with E-state index in [1.54, 1.807) is 18.2 Å². The van der Waals surface area contributed by atoms with E-state index in [1.165, 1.54) is 6.07 Å². The van der Waals surface area contributed by atoms with E-state index >= 15 is 0 Å². The third-order valence-corrected chi connectivity index (χ3v) is 3.79. The first-order chi connectivity index (χ1) is 11.4. The van der Waals surface area contributed by atoms with Crippen molar-refractivity contribution in [3.8, 4) is 0 Å². The number of fused-ring (bicyclic) bond motifs is 1. The molecular formula is C18H15F2N3O. The summed E-state index contributed by atoms with van der Waals surface area (Å²) in [5.41, 5.74) is 3.59. The van der Waals surface area contributed by atoms with Gasteiger partial charge >= 0.3 is 0 Å². The number of rotatable bonds is 3. The molecule has 0 spiro atoms. The van der Waals surface area contributed by atoms with Crippen LogP contribution in [0, 0.1) is 25.5 Å². The first-order valence-electron chi connectivity index (χ1n) is 7.41. The van der Waals surface area contributed by atoms with Crippen LogP contribution < -0.4 is 5.32 Å². The zero-order valence-electron chi connectivity index (χ0n) is 13.2. The summed E-state index contributed by atoms with van der Waals surface area (Å²) in [4.78, 5) is 21.1. The lowest BCUT2D eigenvalue weighted by Gasteiger charge is -2.08. The van der Waals surface area contributed by atoms with Crippen LogP contribution in [-0.2, 0) is 6.54 Å². The van der Waals surface area contributed by atoms with Gasteiger partial charge in [0.25, 0.3) is 5.91 Å². The van der Waals surface area contributed by atoms with Gasteiger partial charge in [-0.05, 0) is 38.1 Å². The summed E-state index contributed by atoms with van der Waals surface area (Å²) in [6, 6.07) is 8.26. The average Bonchev–Trinajstić information content (AvgIpc) is 2.54. The fourth-order valence-electron chi connectivity index (χ4n) is 2.31. The topological polar surface area (TPSA) is 54.9 Å². The van der Waals surface area contributed by atoms with Gasteiger partial charge in [0.15, 0.2) is 0 Å². The standard InChI is InChI=1S/C18H15F2N3O/c1-10-11(2)23-17-7-12(4-6-16(17)22-10)18(24)21-9-13-3-5-14(19)8-15(13)20/h3-8H,9H2,1-2H3,(H,21,24). The summed E-state index contributed by atoms with van der Waals surface area (Å²) in [6.07, 6.45) is 0. The van der Waals surface area contributed by atoms with Gasteiger partial charge in [-0.25, -0.2) is 18.7 Å². The molecule has 1 N–H and O–H groups in total. The first kappa shape index (κ1) is 16.0. The van der Waals surface area contributed by atoms with Crippen molar-refractivity contribution < 1.29 is 13.6 Å². The predicted octanol–water partition coefficient (Wildman–Crippen LogP) is 3.45. The van der Waals surface area contributed by atoms with Crippen molar-refractivity contribution in [2.24, 2.45) is 0 Å². The van der Waals surface area contributed by atoms with Gasteiger partial charge in [0.2, 0.25) is 0 Å². The van der Waals surface area contributed by atoms with Gasteiger partial charge in [-0.2, -0.15) is 0 Å². The number of hydrogen-bond acceptors (Lipinski definition) is 3. The van der Waals surface area contributed by atoms with Crippen LogP contribution in [0.15, 0.2) is 36.4 Å². The first-order valence-corrected chi connectivity index (χ1v) is 7.41. The molecule has 6 heteroatoms. The van der Waals surface area contributed by atoms with Gasteiger partial charge in [0.1, 0.15) is 11.6 Å². The number of benzene rings is 2. The minimum atomic E-state index is -0.689. The van der Waals surface area contributed by atoms with Crippen molar-refractivity contribution >= 4 is 16.9 Å². The molecule has 0 unspecified atom stereocenters. The number of carbonyl (C=O) groups excluding carboxylic acids is 1. The highest BCUT2D eigenvalue weighted by Gasteiger charge is 2.10. The number of nitrogens with zero attached hydrogens (tertiary/aromatic N) is 2. The minimum absolute atomic E-state index is 0.0262. The monoisotopic (exact) mass is 327 g/mol. The SMILES string of the molecule is Cc1nc2ccc(C(=O)NCc3ccc(F)cc3F)cc2nc1C. The van der Waals surface area contributed by atoms with E-state index in [0.717, 1.165) is 23.5 Å². The second-order valence-electron chi connectivity index (χ2n) is 5.52. The van der Waals surface area contributed by atoms with E-state index in [9.17, 15) is 13.6 Å². The highest BCUT2D eigenvalue weighted by molar-refractivity contribution is 5.97. The number of aryl methyl sites for hydroxylation is 2. The summed E-state index contributed by atoms with van der Waals surface area (Å²) < 4.78 is 26.5. The second-order valence-corrected chi connectivity index (χ2v) is 5.52. The Morgan fingerprint density at radius 3 is 2.42 bits per heavy atom. The maximum absolute atomic E-state index is 13.6. The Morgan fingerprint density at radius 2 is 1.71 bits per heavy atom.